The largest absolute Gasteiger partial charge is 0.508 e. The van der Waals surface area contributed by atoms with E-state index in [-0.39, 0.29) is 23.7 Å². The molecule has 0 bridgehead atoms. The number of nitrogens with zero attached hydrogens (tertiary/aromatic N) is 1. The Bertz CT molecular complexity index is 1450. The van der Waals surface area contributed by atoms with Crippen LogP contribution in [0.3, 0.4) is 0 Å². The fourth-order valence-electron chi connectivity index (χ4n) is 4.82. The van der Waals surface area contributed by atoms with Gasteiger partial charge in [0.1, 0.15) is 17.2 Å². The van der Waals surface area contributed by atoms with Crippen LogP contribution < -0.4 is 15.0 Å². The van der Waals surface area contributed by atoms with E-state index >= 15 is 0 Å². The third-order valence-corrected chi connectivity index (χ3v) is 6.52. The summed E-state index contributed by atoms with van der Waals surface area (Å²) in [5, 5.41) is 11.4. The smallest absolute Gasteiger partial charge is 0.312 e. The molecular formula is C28H25NO5. The Labute approximate surface area is 197 Å². The first kappa shape index (κ1) is 21.8. The van der Waals surface area contributed by atoms with Crippen molar-refractivity contribution in [2.45, 2.75) is 32.2 Å². The highest BCUT2D eigenvalue weighted by atomic mass is 16.5. The predicted octanol–water partition coefficient (Wildman–Crippen LogP) is 4.71. The summed E-state index contributed by atoms with van der Waals surface area (Å²) < 4.78 is 12.8. The maximum absolute atomic E-state index is 13.8. The second-order valence-electron chi connectivity index (χ2n) is 8.57. The number of aryl methyl sites for hydroxylation is 2. The summed E-state index contributed by atoms with van der Waals surface area (Å²) >= 11 is 0. The topological polar surface area (TPSA) is 77.8 Å². The van der Waals surface area contributed by atoms with Gasteiger partial charge < -0.3 is 19.1 Å². The zero-order valence-electron chi connectivity index (χ0n) is 19.1. The van der Waals surface area contributed by atoms with Crippen LogP contribution in [0.1, 0.15) is 34.7 Å². The maximum atomic E-state index is 13.8. The van der Waals surface area contributed by atoms with Crippen LogP contribution in [0.2, 0.25) is 0 Å². The number of aromatic hydroxyl groups is 1. The van der Waals surface area contributed by atoms with E-state index in [1.54, 1.807) is 29.9 Å². The summed E-state index contributed by atoms with van der Waals surface area (Å²) in [7, 11) is 1.63. The SMILES string of the molecule is COc1ccc([C@H]2CC(=O)Oc3cc(C)n(CCc4ccc(O)cc4)c(=O)c32)c2ccccc12. The Morgan fingerprint density at radius 1 is 1.03 bits per heavy atom. The van der Waals surface area contributed by atoms with Crippen LogP contribution in [0.25, 0.3) is 10.8 Å². The molecule has 1 aromatic heterocycles. The first-order chi connectivity index (χ1) is 16.5. The van der Waals surface area contributed by atoms with Gasteiger partial charge in [0.05, 0.1) is 19.1 Å². The quantitative estimate of drug-likeness (QED) is 0.441. The number of pyridine rings is 1. The van der Waals surface area contributed by atoms with Gasteiger partial charge in [-0.25, -0.2) is 0 Å². The molecule has 1 atom stereocenters. The summed E-state index contributed by atoms with van der Waals surface area (Å²) in [6, 6.07) is 20.4. The lowest BCUT2D eigenvalue weighted by Crippen LogP contribution is -2.33. The minimum absolute atomic E-state index is 0.0968. The zero-order chi connectivity index (χ0) is 23.8. The molecule has 0 saturated carbocycles. The Hall–Kier alpha value is -4.06. The molecule has 0 radical (unpaired) electrons. The van der Waals surface area contributed by atoms with Gasteiger partial charge in [-0.2, -0.15) is 0 Å². The number of benzene rings is 3. The number of phenols is 1. The molecule has 6 nitrogen and oxygen atoms in total. The summed E-state index contributed by atoms with van der Waals surface area (Å²) in [6.45, 7) is 2.32. The maximum Gasteiger partial charge on any atom is 0.312 e. The standard InChI is InChI=1S/C28H25NO5/c1-17-15-25-27(28(32)29(17)14-13-18-7-9-19(30)10-8-18)23(16-26(31)34-25)21-11-12-24(33-2)22-6-4-3-5-20(21)22/h3-12,15,23,30H,13-14,16H2,1-2H3/t23-/m1/s1. The number of ether oxygens (including phenoxy) is 2. The van der Waals surface area contributed by atoms with Crippen LogP contribution in [0.15, 0.2) is 71.5 Å². The fourth-order valence-corrected chi connectivity index (χ4v) is 4.82. The number of rotatable bonds is 5. The average Bonchev–Trinajstić information content (AvgIpc) is 2.83. The third kappa shape index (κ3) is 3.81. The fraction of sp³-hybridized carbons (Fsp3) is 0.214. The van der Waals surface area contributed by atoms with Crippen LogP contribution in [0.5, 0.6) is 17.2 Å². The molecule has 0 spiro atoms. The van der Waals surface area contributed by atoms with Crippen LogP contribution >= 0.6 is 0 Å². The molecule has 1 aliphatic heterocycles. The van der Waals surface area contributed by atoms with E-state index in [0.717, 1.165) is 33.3 Å². The number of carbonyl (C=O) groups excluding carboxylic acids is 1. The number of carbonyl (C=O) groups is 1. The first-order valence-corrected chi connectivity index (χ1v) is 11.2. The number of methoxy groups -OCH3 is 1. The van der Waals surface area contributed by atoms with Crippen molar-refractivity contribution >= 4 is 16.7 Å². The van der Waals surface area contributed by atoms with Gasteiger partial charge in [-0.05, 0) is 48.1 Å². The monoisotopic (exact) mass is 455 g/mol. The van der Waals surface area contributed by atoms with E-state index in [1.807, 2.05) is 55.5 Å². The van der Waals surface area contributed by atoms with Gasteiger partial charge in [0, 0.05) is 29.6 Å². The number of esters is 1. The lowest BCUT2D eigenvalue weighted by atomic mass is 9.84. The molecule has 1 N–H and O–H groups in total. The zero-order valence-corrected chi connectivity index (χ0v) is 19.1. The van der Waals surface area contributed by atoms with Crippen molar-refractivity contribution in [3.8, 4) is 17.2 Å². The first-order valence-electron chi connectivity index (χ1n) is 11.2. The lowest BCUT2D eigenvalue weighted by molar-refractivity contribution is -0.135. The van der Waals surface area contributed by atoms with Gasteiger partial charge in [0.25, 0.3) is 5.56 Å². The number of aromatic nitrogens is 1. The molecule has 5 rings (SSSR count). The summed E-state index contributed by atoms with van der Waals surface area (Å²) in [6.07, 6.45) is 0.731. The highest BCUT2D eigenvalue weighted by molar-refractivity contribution is 5.92. The minimum Gasteiger partial charge on any atom is -0.508 e. The van der Waals surface area contributed by atoms with Crippen molar-refractivity contribution in [1.29, 1.82) is 0 Å². The molecule has 0 aliphatic carbocycles. The van der Waals surface area contributed by atoms with E-state index in [0.29, 0.717) is 24.3 Å². The van der Waals surface area contributed by atoms with Crippen molar-refractivity contribution in [2.24, 2.45) is 0 Å². The van der Waals surface area contributed by atoms with Gasteiger partial charge in [0.15, 0.2) is 0 Å². The Balaban J connectivity index is 1.61. The highest BCUT2D eigenvalue weighted by Gasteiger charge is 2.33. The molecule has 1 aliphatic rings. The summed E-state index contributed by atoms with van der Waals surface area (Å²) in [5.41, 5.74) is 3.01. The second-order valence-corrected chi connectivity index (χ2v) is 8.57. The highest BCUT2D eigenvalue weighted by Crippen LogP contribution is 2.41. The van der Waals surface area contributed by atoms with Crippen LogP contribution in [-0.2, 0) is 17.8 Å². The summed E-state index contributed by atoms with van der Waals surface area (Å²) in [4.78, 5) is 26.3. The average molecular weight is 456 g/mol. The molecule has 0 fully saturated rings. The van der Waals surface area contributed by atoms with Gasteiger partial charge >= 0.3 is 5.97 Å². The van der Waals surface area contributed by atoms with E-state index in [4.69, 9.17) is 9.47 Å². The number of hydrogen-bond acceptors (Lipinski definition) is 5. The van der Waals surface area contributed by atoms with E-state index < -0.39 is 5.92 Å². The molecule has 2 heterocycles. The van der Waals surface area contributed by atoms with Gasteiger partial charge in [-0.15, -0.1) is 0 Å². The Morgan fingerprint density at radius 3 is 2.50 bits per heavy atom. The van der Waals surface area contributed by atoms with Crippen LogP contribution in [-0.4, -0.2) is 22.8 Å². The normalized spacial score (nSPS) is 15.1. The Morgan fingerprint density at radius 2 is 1.76 bits per heavy atom. The van der Waals surface area contributed by atoms with Crippen molar-refractivity contribution in [1.82, 2.24) is 4.57 Å². The molecule has 0 unspecified atom stereocenters. The lowest BCUT2D eigenvalue weighted by Gasteiger charge is -2.27. The predicted molar refractivity (Wildman–Crippen MR) is 130 cm³/mol. The van der Waals surface area contributed by atoms with Crippen molar-refractivity contribution in [3.05, 3.63) is 99.5 Å². The molecular weight excluding hydrogens is 430 g/mol. The van der Waals surface area contributed by atoms with Crippen LogP contribution in [0, 0.1) is 6.92 Å². The molecule has 34 heavy (non-hydrogen) atoms. The second kappa shape index (κ2) is 8.71. The van der Waals surface area contributed by atoms with Crippen molar-refractivity contribution in [3.63, 3.8) is 0 Å². The van der Waals surface area contributed by atoms with Gasteiger partial charge in [-0.1, -0.05) is 42.5 Å². The van der Waals surface area contributed by atoms with Gasteiger partial charge in [0.2, 0.25) is 0 Å². The minimum atomic E-state index is -0.417. The molecule has 3 aromatic carbocycles. The molecule has 4 aromatic rings. The molecule has 0 amide bonds. The molecule has 6 heteroatoms. The summed E-state index contributed by atoms with van der Waals surface area (Å²) in [5.74, 6) is 0.526. The van der Waals surface area contributed by atoms with Crippen molar-refractivity contribution < 1.29 is 19.4 Å². The van der Waals surface area contributed by atoms with Crippen molar-refractivity contribution in [2.75, 3.05) is 7.11 Å². The Kier molecular flexibility index (Phi) is 5.57. The molecule has 0 saturated heterocycles. The van der Waals surface area contributed by atoms with Gasteiger partial charge in [-0.3, -0.25) is 9.59 Å². The van der Waals surface area contributed by atoms with E-state index in [9.17, 15) is 14.7 Å². The van der Waals surface area contributed by atoms with E-state index in [1.165, 1.54) is 0 Å². The van der Waals surface area contributed by atoms with E-state index in [2.05, 4.69) is 0 Å². The van der Waals surface area contributed by atoms with Crippen LogP contribution in [0.4, 0.5) is 0 Å². The number of fused-ring (bicyclic) bond motifs is 2. The third-order valence-electron chi connectivity index (χ3n) is 6.52. The molecule has 172 valence electrons. The number of phenolic OH excluding ortho intramolecular Hbond substituents is 1. The number of hydrogen-bond donors (Lipinski definition) is 1.